The average Bonchev–Trinajstić information content (AvgIpc) is 2.24. The lowest BCUT2D eigenvalue weighted by Gasteiger charge is -2.39. The molecule has 0 saturated carbocycles. The van der Waals surface area contributed by atoms with Gasteiger partial charge in [-0.2, -0.15) is 0 Å². The van der Waals surface area contributed by atoms with Gasteiger partial charge in [0, 0.05) is 31.8 Å². The smallest absolute Gasteiger partial charge is 0.0443 e. The molecule has 0 aliphatic heterocycles. The van der Waals surface area contributed by atoms with Crippen LogP contribution in [0, 0.1) is 5.41 Å². The molecule has 0 aliphatic carbocycles. The minimum atomic E-state index is 0.246. The average molecular weight is 244 g/mol. The van der Waals surface area contributed by atoms with E-state index in [-0.39, 0.29) is 12.0 Å². The summed E-state index contributed by atoms with van der Waals surface area (Å²) < 4.78 is 0. The van der Waals surface area contributed by atoms with E-state index in [4.69, 9.17) is 5.11 Å². The second-order valence-electron chi connectivity index (χ2n) is 5.91. The first-order valence-corrected chi connectivity index (χ1v) is 6.93. The van der Waals surface area contributed by atoms with E-state index in [1.807, 2.05) is 0 Å². The van der Waals surface area contributed by atoms with Crippen molar-refractivity contribution in [3.63, 3.8) is 0 Å². The molecule has 0 fully saturated rings. The van der Waals surface area contributed by atoms with Crippen LogP contribution in [-0.4, -0.2) is 48.3 Å². The zero-order valence-electron chi connectivity index (χ0n) is 12.6. The van der Waals surface area contributed by atoms with Gasteiger partial charge < -0.3 is 15.3 Å². The molecule has 3 heteroatoms. The Morgan fingerprint density at radius 1 is 1.24 bits per heavy atom. The number of hydrogen-bond donors (Lipinski definition) is 2. The molecule has 2 N–H and O–H groups in total. The Morgan fingerprint density at radius 3 is 2.24 bits per heavy atom. The maximum absolute atomic E-state index is 8.95. The molecular weight excluding hydrogens is 212 g/mol. The summed E-state index contributed by atoms with van der Waals surface area (Å²) in [5.74, 6) is 0. The highest BCUT2D eigenvalue weighted by Crippen LogP contribution is 2.23. The molecule has 0 saturated heterocycles. The maximum atomic E-state index is 8.95. The molecule has 0 aromatic rings. The molecule has 0 aromatic carbocycles. The van der Waals surface area contributed by atoms with E-state index < -0.39 is 0 Å². The van der Waals surface area contributed by atoms with Gasteiger partial charge in [-0.3, -0.25) is 0 Å². The molecule has 0 rings (SSSR count). The van der Waals surface area contributed by atoms with E-state index in [0.717, 1.165) is 26.1 Å². The topological polar surface area (TPSA) is 35.5 Å². The molecule has 0 bridgehead atoms. The first kappa shape index (κ1) is 16.9. The first-order valence-electron chi connectivity index (χ1n) is 6.93. The molecule has 0 spiro atoms. The Bertz CT molecular complexity index is 193. The predicted molar refractivity (Wildman–Crippen MR) is 75.3 cm³/mol. The van der Waals surface area contributed by atoms with E-state index in [2.05, 4.69) is 51.8 Å². The number of nitrogens with zero attached hydrogens (tertiary/aromatic N) is 1. The lowest BCUT2D eigenvalue weighted by atomic mass is 9.84. The summed E-state index contributed by atoms with van der Waals surface area (Å²) in [5.41, 5.74) is 0.246. The summed E-state index contributed by atoms with van der Waals surface area (Å²) >= 11 is 0. The number of aliphatic hydroxyl groups excluding tert-OH is 1. The van der Waals surface area contributed by atoms with E-state index in [0.29, 0.717) is 12.1 Å². The summed E-state index contributed by atoms with van der Waals surface area (Å²) in [7, 11) is 0. The minimum absolute atomic E-state index is 0.246. The van der Waals surface area contributed by atoms with Crippen LogP contribution in [0.15, 0.2) is 0 Å². The summed E-state index contributed by atoms with van der Waals surface area (Å²) in [5, 5.41) is 12.5. The fourth-order valence-electron chi connectivity index (χ4n) is 2.04. The van der Waals surface area contributed by atoms with Crippen molar-refractivity contribution in [3.05, 3.63) is 0 Å². The van der Waals surface area contributed by atoms with Crippen molar-refractivity contribution < 1.29 is 5.11 Å². The zero-order chi connectivity index (χ0) is 13.5. The van der Waals surface area contributed by atoms with Gasteiger partial charge in [0.1, 0.15) is 0 Å². The third-order valence-electron chi connectivity index (χ3n) is 3.63. The normalized spacial score (nSPS) is 14.6. The first-order chi connectivity index (χ1) is 7.85. The Kier molecular flexibility index (Phi) is 8.01. The second-order valence-corrected chi connectivity index (χ2v) is 5.91. The lowest BCUT2D eigenvalue weighted by Crippen LogP contribution is -2.48. The summed E-state index contributed by atoms with van der Waals surface area (Å²) in [6, 6.07) is 1.04. The van der Waals surface area contributed by atoms with Crippen LogP contribution in [0.25, 0.3) is 0 Å². The van der Waals surface area contributed by atoms with Crippen molar-refractivity contribution in [1.29, 1.82) is 0 Å². The summed E-state index contributed by atoms with van der Waals surface area (Å²) in [6.07, 6.45) is 0.865. The van der Waals surface area contributed by atoms with Crippen molar-refractivity contribution in [1.82, 2.24) is 10.2 Å². The molecular formula is C14H32N2O. The number of nitrogens with one attached hydrogen (secondary N) is 1. The standard InChI is InChI=1S/C14H32N2O/c1-7-15-13(4)14(5,6)11-16(12(2)3)9-8-10-17/h12-13,15,17H,7-11H2,1-6H3. The molecule has 1 unspecified atom stereocenters. The van der Waals surface area contributed by atoms with Gasteiger partial charge in [-0.05, 0) is 39.2 Å². The van der Waals surface area contributed by atoms with Gasteiger partial charge in [-0.1, -0.05) is 20.8 Å². The molecule has 0 aromatic heterocycles. The monoisotopic (exact) mass is 244 g/mol. The molecule has 1 atom stereocenters. The van der Waals surface area contributed by atoms with Gasteiger partial charge in [-0.15, -0.1) is 0 Å². The van der Waals surface area contributed by atoms with Crippen molar-refractivity contribution in [2.75, 3.05) is 26.2 Å². The van der Waals surface area contributed by atoms with Crippen molar-refractivity contribution in [2.24, 2.45) is 5.41 Å². The minimum Gasteiger partial charge on any atom is -0.396 e. The van der Waals surface area contributed by atoms with Gasteiger partial charge in [0.15, 0.2) is 0 Å². The molecule has 0 radical (unpaired) electrons. The van der Waals surface area contributed by atoms with Crippen LogP contribution < -0.4 is 5.32 Å². The third kappa shape index (κ3) is 6.39. The second kappa shape index (κ2) is 8.06. The third-order valence-corrected chi connectivity index (χ3v) is 3.63. The molecule has 104 valence electrons. The Hall–Kier alpha value is -0.120. The highest BCUT2D eigenvalue weighted by Gasteiger charge is 2.28. The van der Waals surface area contributed by atoms with Crippen LogP contribution >= 0.6 is 0 Å². The largest absolute Gasteiger partial charge is 0.396 e. The van der Waals surface area contributed by atoms with Gasteiger partial charge in [-0.25, -0.2) is 0 Å². The maximum Gasteiger partial charge on any atom is 0.0443 e. The van der Waals surface area contributed by atoms with Crippen LogP contribution in [0.4, 0.5) is 0 Å². The fourth-order valence-corrected chi connectivity index (χ4v) is 2.04. The van der Waals surface area contributed by atoms with Gasteiger partial charge in [0.25, 0.3) is 0 Å². The number of aliphatic hydroxyl groups is 1. The van der Waals surface area contributed by atoms with Gasteiger partial charge in [0.2, 0.25) is 0 Å². The molecule has 0 amide bonds. The SMILES string of the molecule is CCNC(C)C(C)(C)CN(CCCO)C(C)C. The summed E-state index contributed by atoms with van der Waals surface area (Å²) in [4.78, 5) is 2.46. The van der Waals surface area contributed by atoms with Crippen molar-refractivity contribution in [2.45, 2.75) is 60.0 Å². The van der Waals surface area contributed by atoms with Crippen molar-refractivity contribution >= 4 is 0 Å². The number of hydrogen-bond acceptors (Lipinski definition) is 3. The number of rotatable bonds is 9. The Morgan fingerprint density at radius 2 is 1.82 bits per heavy atom. The molecule has 0 heterocycles. The van der Waals surface area contributed by atoms with E-state index in [1.54, 1.807) is 0 Å². The fraction of sp³-hybridized carbons (Fsp3) is 1.00. The molecule has 0 aliphatic rings. The predicted octanol–water partition coefficient (Wildman–Crippen LogP) is 2.10. The molecule has 17 heavy (non-hydrogen) atoms. The quantitative estimate of drug-likeness (QED) is 0.652. The van der Waals surface area contributed by atoms with Crippen LogP contribution in [-0.2, 0) is 0 Å². The van der Waals surface area contributed by atoms with Crippen LogP contribution in [0.2, 0.25) is 0 Å². The summed E-state index contributed by atoms with van der Waals surface area (Å²) in [6.45, 7) is 16.8. The van der Waals surface area contributed by atoms with Crippen LogP contribution in [0.5, 0.6) is 0 Å². The molecule has 3 nitrogen and oxygen atoms in total. The van der Waals surface area contributed by atoms with Gasteiger partial charge >= 0.3 is 0 Å². The van der Waals surface area contributed by atoms with Crippen molar-refractivity contribution in [3.8, 4) is 0 Å². The van der Waals surface area contributed by atoms with Gasteiger partial charge in [0.05, 0.1) is 0 Å². The Labute approximate surface area is 108 Å². The Balaban J connectivity index is 4.39. The highest BCUT2D eigenvalue weighted by molar-refractivity contribution is 4.84. The zero-order valence-corrected chi connectivity index (χ0v) is 12.6. The van der Waals surface area contributed by atoms with E-state index in [9.17, 15) is 0 Å². The van der Waals surface area contributed by atoms with E-state index >= 15 is 0 Å². The van der Waals surface area contributed by atoms with Crippen LogP contribution in [0.1, 0.15) is 48.0 Å². The van der Waals surface area contributed by atoms with E-state index in [1.165, 1.54) is 0 Å². The highest BCUT2D eigenvalue weighted by atomic mass is 16.3. The van der Waals surface area contributed by atoms with Crippen LogP contribution in [0.3, 0.4) is 0 Å². The lowest BCUT2D eigenvalue weighted by molar-refractivity contribution is 0.110.